The molecule has 0 amide bonds. The Morgan fingerprint density at radius 1 is 1.55 bits per heavy atom. The van der Waals surface area contributed by atoms with Crippen LogP contribution in [0, 0.1) is 0 Å². The number of nitrogens with zero attached hydrogens (tertiary/aromatic N) is 1. The Labute approximate surface area is 69.5 Å². The fraction of sp³-hybridized carbons (Fsp3) is 1.00. The maximum Gasteiger partial charge on any atom is 0.0700 e. The zero-order chi connectivity index (χ0) is 8.27. The van der Waals surface area contributed by atoms with E-state index in [1.165, 1.54) is 0 Å². The highest BCUT2D eigenvalue weighted by Crippen LogP contribution is 2.10. The zero-order valence-electron chi connectivity index (χ0n) is 7.84. The van der Waals surface area contributed by atoms with Crippen molar-refractivity contribution in [3.05, 3.63) is 0 Å². The summed E-state index contributed by atoms with van der Waals surface area (Å²) in [4.78, 5) is 2.48. The van der Waals surface area contributed by atoms with Gasteiger partial charge in [-0.3, -0.25) is 4.90 Å². The summed E-state index contributed by atoms with van der Waals surface area (Å²) in [5, 5.41) is 0. The average molecular weight is 157 g/mol. The minimum absolute atomic E-state index is 0.478. The van der Waals surface area contributed by atoms with E-state index >= 15 is 0 Å². The van der Waals surface area contributed by atoms with Crippen LogP contribution in [0.25, 0.3) is 0 Å². The maximum absolute atomic E-state index is 5.57. The first-order chi connectivity index (χ1) is 5.24. The molecule has 1 heterocycles. The Kier molecular flexibility index (Phi) is 3.34. The topological polar surface area (TPSA) is 12.5 Å². The second-order valence-corrected chi connectivity index (χ2v) is 3.49. The maximum atomic E-state index is 5.57. The van der Waals surface area contributed by atoms with Crippen LogP contribution in [-0.4, -0.2) is 36.7 Å². The molecule has 66 valence electrons. The highest BCUT2D eigenvalue weighted by Gasteiger charge is 2.20. The lowest BCUT2D eigenvalue weighted by Crippen LogP contribution is -2.45. The molecule has 1 fully saturated rings. The highest BCUT2D eigenvalue weighted by atomic mass is 16.5. The van der Waals surface area contributed by atoms with Gasteiger partial charge in [-0.25, -0.2) is 0 Å². The molecule has 0 N–H and O–H groups in total. The van der Waals surface area contributed by atoms with Crippen molar-refractivity contribution in [2.45, 2.75) is 39.3 Å². The van der Waals surface area contributed by atoms with Gasteiger partial charge < -0.3 is 4.74 Å². The number of hydrogen-bond donors (Lipinski definition) is 0. The predicted octanol–water partition coefficient (Wildman–Crippen LogP) is 1.51. The van der Waals surface area contributed by atoms with Crippen LogP contribution in [0.5, 0.6) is 0 Å². The van der Waals surface area contributed by atoms with Gasteiger partial charge in [-0.05, 0) is 20.3 Å². The Balaban J connectivity index is 2.33. The minimum Gasteiger partial charge on any atom is -0.376 e. The van der Waals surface area contributed by atoms with Gasteiger partial charge in [-0.15, -0.1) is 0 Å². The summed E-state index contributed by atoms with van der Waals surface area (Å²) in [7, 11) is 0. The van der Waals surface area contributed by atoms with Crippen molar-refractivity contribution < 1.29 is 4.74 Å². The third-order valence-electron chi connectivity index (χ3n) is 2.36. The van der Waals surface area contributed by atoms with Gasteiger partial charge in [0.15, 0.2) is 0 Å². The minimum atomic E-state index is 0.478. The predicted molar refractivity (Wildman–Crippen MR) is 46.7 cm³/mol. The first kappa shape index (κ1) is 9.01. The van der Waals surface area contributed by atoms with Crippen LogP contribution in [-0.2, 0) is 4.74 Å². The first-order valence-corrected chi connectivity index (χ1v) is 4.59. The molecule has 0 aromatic carbocycles. The van der Waals surface area contributed by atoms with Gasteiger partial charge in [0.2, 0.25) is 0 Å². The lowest BCUT2D eigenvalue weighted by molar-refractivity contribution is -0.0396. The fourth-order valence-corrected chi connectivity index (χ4v) is 1.46. The normalized spacial score (nSPS) is 27.8. The summed E-state index contributed by atoms with van der Waals surface area (Å²) in [6.45, 7) is 9.82. The molecule has 0 radical (unpaired) electrons. The Morgan fingerprint density at radius 2 is 2.27 bits per heavy atom. The van der Waals surface area contributed by atoms with E-state index in [0.717, 1.165) is 26.1 Å². The fourth-order valence-electron chi connectivity index (χ4n) is 1.46. The molecule has 2 heteroatoms. The first-order valence-electron chi connectivity index (χ1n) is 4.59. The molecule has 0 saturated carbocycles. The summed E-state index contributed by atoms with van der Waals surface area (Å²) in [6, 6.07) is 0.674. The molecule has 0 aromatic heterocycles. The second-order valence-electron chi connectivity index (χ2n) is 3.49. The molecule has 0 aliphatic carbocycles. The van der Waals surface area contributed by atoms with E-state index in [1.54, 1.807) is 0 Å². The van der Waals surface area contributed by atoms with Crippen molar-refractivity contribution in [2.75, 3.05) is 19.7 Å². The standard InChI is InChI=1S/C9H19NO/c1-4-9-7-10(8(2)3)5-6-11-9/h8-9H,4-7H2,1-3H3/t9-/m0/s1. The van der Waals surface area contributed by atoms with Crippen LogP contribution in [0.2, 0.25) is 0 Å². The van der Waals surface area contributed by atoms with Gasteiger partial charge in [0.1, 0.15) is 0 Å². The van der Waals surface area contributed by atoms with E-state index in [-0.39, 0.29) is 0 Å². The van der Waals surface area contributed by atoms with Crippen LogP contribution in [0.4, 0.5) is 0 Å². The van der Waals surface area contributed by atoms with Crippen molar-refractivity contribution in [3.8, 4) is 0 Å². The number of ether oxygens (including phenoxy) is 1. The average Bonchev–Trinajstić information content (AvgIpc) is 2.05. The monoisotopic (exact) mass is 157 g/mol. The van der Waals surface area contributed by atoms with Crippen molar-refractivity contribution >= 4 is 0 Å². The van der Waals surface area contributed by atoms with Crippen molar-refractivity contribution in [3.63, 3.8) is 0 Å². The quantitative estimate of drug-likeness (QED) is 0.602. The molecular weight excluding hydrogens is 138 g/mol. The van der Waals surface area contributed by atoms with Crippen LogP contribution in [0.1, 0.15) is 27.2 Å². The molecule has 0 unspecified atom stereocenters. The van der Waals surface area contributed by atoms with Crippen LogP contribution < -0.4 is 0 Å². The lowest BCUT2D eigenvalue weighted by Gasteiger charge is -2.35. The highest BCUT2D eigenvalue weighted by molar-refractivity contribution is 4.72. The summed E-state index contributed by atoms with van der Waals surface area (Å²) in [5.41, 5.74) is 0. The smallest absolute Gasteiger partial charge is 0.0700 e. The van der Waals surface area contributed by atoms with Gasteiger partial charge in [-0.2, -0.15) is 0 Å². The van der Waals surface area contributed by atoms with Crippen LogP contribution in [0.3, 0.4) is 0 Å². The van der Waals surface area contributed by atoms with Gasteiger partial charge in [0.25, 0.3) is 0 Å². The van der Waals surface area contributed by atoms with Crippen LogP contribution in [0.15, 0.2) is 0 Å². The molecule has 1 saturated heterocycles. The zero-order valence-corrected chi connectivity index (χ0v) is 7.84. The van der Waals surface area contributed by atoms with E-state index in [1.807, 2.05) is 0 Å². The lowest BCUT2D eigenvalue weighted by atomic mass is 10.2. The molecular formula is C9H19NO. The van der Waals surface area contributed by atoms with Gasteiger partial charge >= 0.3 is 0 Å². The van der Waals surface area contributed by atoms with Crippen molar-refractivity contribution in [1.82, 2.24) is 4.90 Å². The van der Waals surface area contributed by atoms with E-state index in [0.29, 0.717) is 12.1 Å². The number of morpholine rings is 1. The van der Waals surface area contributed by atoms with E-state index in [2.05, 4.69) is 25.7 Å². The third-order valence-corrected chi connectivity index (χ3v) is 2.36. The summed E-state index contributed by atoms with van der Waals surface area (Å²) < 4.78 is 5.57. The van der Waals surface area contributed by atoms with Gasteiger partial charge in [0, 0.05) is 19.1 Å². The molecule has 2 nitrogen and oxygen atoms in total. The Hall–Kier alpha value is -0.0800. The van der Waals surface area contributed by atoms with E-state index in [9.17, 15) is 0 Å². The van der Waals surface area contributed by atoms with Crippen molar-refractivity contribution in [2.24, 2.45) is 0 Å². The molecule has 0 aromatic rings. The molecule has 1 aliphatic rings. The molecule has 1 rings (SSSR count). The molecule has 0 bridgehead atoms. The molecule has 1 atom stereocenters. The molecule has 1 aliphatic heterocycles. The third kappa shape index (κ3) is 2.46. The number of rotatable bonds is 2. The van der Waals surface area contributed by atoms with E-state index < -0.39 is 0 Å². The SMILES string of the molecule is CC[C@H]1CN(C(C)C)CCO1. The van der Waals surface area contributed by atoms with Crippen LogP contribution >= 0.6 is 0 Å². The summed E-state index contributed by atoms with van der Waals surface area (Å²) in [6.07, 6.45) is 1.62. The van der Waals surface area contributed by atoms with Gasteiger partial charge in [0.05, 0.1) is 12.7 Å². The largest absolute Gasteiger partial charge is 0.376 e. The number of hydrogen-bond acceptors (Lipinski definition) is 2. The van der Waals surface area contributed by atoms with Gasteiger partial charge in [-0.1, -0.05) is 6.92 Å². The second kappa shape index (κ2) is 4.07. The Bertz CT molecular complexity index is 114. The van der Waals surface area contributed by atoms with Crippen molar-refractivity contribution in [1.29, 1.82) is 0 Å². The summed E-state index contributed by atoms with van der Waals surface area (Å²) >= 11 is 0. The molecule has 11 heavy (non-hydrogen) atoms. The van der Waals surface area contributed by atoms with E-state index in [4.69, 9.17) is 4.74 Å². The Morgan fingerprint density at radius 3 is 2.82 bits per heavy atom. The molecule has 0 spiro atoms. The summed E-state index contributed by atoms with van der Waals surface area (Å²) in [5.74, 6) is 0.